The summed E-state index contributed by atoms with van der Waals surface area (Å²) in [6.45, 7) is -0.341. The Labute approximate surface area is 92.3 Å². The van der Waals surface area contributed by atoms with Gasteiger partial charge in [0.1, 0.15) is 25.3 Å². The highest BCUT2D eigenvalue weighted by atomic mass is 16.5. The number of nitrogens with two attached hydrogens (primary N) is 1. The van der Waals surface area contributed by atoms with Gasteiger partial charge in [-0.2, -0.15) is 0 Å². The van der Waals surface area contributed by atoms with Gasteiger partial charge in [-0.15, -0.1) is 0 Å². The van der Waals surface area contributed by atoms with Gasteiger partial charge in [-0.25, -0.2) is 9.36 Å². The van der Waals surface area contributed by atoms with Crippen molar-refractivity contribution in [3.63, 3.8) is 0 Å². The molecule has 1 rings (SSSR count). The zero-order valence-electron chi connectivity index (χ0n) is 8.79. The summed E-state index contributed by atoms with van der Waals surface area (Å²) in [7, 11) is 1.76. The molecule has 0 bridgehead atoms. The standard InChI is InChI=1S/C10H12N2O4/c1-12-4-2-3-7(5-12)10(15)16-6-8(11)9(13)14/h2-5,8H,6,11H2,1H3/p+1. The maximum absolute atomic E-state index is 11.4. The van der Waals surface area contributed by atoms with Crippen LogP contribution in [0.3, 0.4) is 0 Å². The van der Waals surface area contributed by atoms with Crippen LogP contribution in [0.1, 0.15) is 10.4 Å². The minimum Gasteiger partial charge on any atom is -0.480 e. The molecule has 0 saturated heterocycles. The largest absolute Gasteiger partial charge is 0.480 e. The smallest absolute Gasteiger partial charge is 0.344 e. The minimum atomic E-state index is -1.20. The SMILES string of the molecule is C[n+]1cccc(C(=O)OCC(N)C(=O)O)c1. The number of hydrogen-bond acceptors (Lipinski definition) is 4. The first-order chi connectivity index (χ1) is 7.50. The zero-order chi connectivity index (χ0) is 12.1. The molecule has 1 aromatic heterocycles. The molecule has 0 radical (unpaired) electrons. The van der Waals surface area contributed by atoms with Crippen molar-refractivity contribution in [3.8, 4) is 0 Å². The molecule has 0 fully saturated rings. The fraction of sp³-hybridized carbons (Fsp3) is 0.300. The van der Waals surface area contributed by atoms with Crippen LogP contribution >= 0.6 is 0 Å². The first kappa shape index (κ1) is 12.1. The van der Waals surface area contributed by atoms with E-state index in [9.17, 15) is 9.59 Å². The van der Waals surface area contributed by atoms with E-state index in [1.165, 1.54) is 0 Å². The maximum Gasteiger partial charge on any atom is 0.344 e. The normalized spacial score (nSPS) is 11.9. The van der Waals surface area contributed by atoms with Gasteiger partial charge in [0.05, 0.1) is 0 Å². The van der Waals surface area contributed by atoms with Crippen molar-refractivity contribution < 1.29 is 24.0 Å². The van der Waals surface area contributed by atoms with Crippen LogP contribution in [0.25, 0.3) is 0 Å². The Morgan fingerprint density at radius 2 is 2.31 bits per heavy atom. The summed E-state index contributed by atoms with van der Waals surface area (Å²) in [6, 6.07) is 2.07. The average molecular weight is 225 g/mol. The van der Waals surface area contributed by atoms with E-state index in [1.54, 1.807) is 36.1 Å². The molecule has 86 valence electrons. The van der Waals surface area contributed by atoms with Crippen LogP contribution in [0, 0.1) is 0 Å². The number of hydrogen-bond donors (Lipinski definition) is 2. The number of aryl methyl sites for hydroxylation is 1. The van der Waals surface area contributed by atoms with Gasteiger partial charge >= 0.3 is 11.9 Å². The number of carbonyl (C=O) groups excluding carboxylic acids is 1. The van der Waals surface area contributed by atoms with Crippen molar-refractivity contribution in [1.29, 1.82) is 0 Å². The van der Waals surface area contributed by atoms with Gasteiger partial charge in [-0.3, -0.25) is 4.79 Å². The number of esters is 1. The van der Waals surface area contributed by atoms with E-state index in [1.807, 2.05) is 0 Å². The lowest BCUT2D eigenvalue weighted by Crippen LogP contribution is -2.36. The van der Waals surface area contributed by atoms with Crippen LogP contribution in [-0.2, 0) is 16.6 Å². The van der Waals surface area contributed by atoms with Crippen LogP contribution in [0.2, 0.25) is 0 Å². The van der Waals surface area contributed by atoms with E-state index in [0.717, 1.165) is 0 Å². The molecule has 0 aliphatic carbocycles. The Morgan fingerprint density at radius 3 is 2.88 bits per heavy atom. The molecule has 0 amide bonds. The van der Waals surface area contributed by atoms with Crippen LogP contribution in [-0.4, -0.2) is 29.7 Å². The predicted molar refractivity (Wildman–Crippen MR) is 53.5 cm³/mol. The highest BCUT2D eigenvalue weighted by molar-refractivity contribution is 5.88. The van der Waals surface area contributed by atoms with Gasteiger partial charge in [0, 0.05) is 6.07 Å². The van der Waals surface area contributed by atoms with Gasteiger partial charge in [-0.1, -0.05) is 0 Å². The Balaban J connectivity index is 2.56. The number of pyridine rings is 1. The third-order valence-corrected chi connectivity index (χ3v) is 1.89. The van der Waals surface area contributed by atoms with Gasteiger partial charge in [0.25, 0.3) is 0 Å². The van der Waals surface area contributed by atoms with Gasteiger partial charge in [0.2, 0.25) is 0 Å². The number of aliphatic carboxylic acids is 1. The van der Waals surface area contributed by atoms with Crippen molar-refractivity contribution in [2.24, 2.45) is 12.8 Å². The summed E-state index contributed by atoms with van der Waals surface area (Å²) in [5.41, 5.74) is 5.54. The molecule has 0 aromatic carbocycles. The second kappa shape index (κ2) is 5.22. The highest BCUT2D eigenvalue weighted by Crippen LogP contribution is 1.98. The third kappa shape index (κ3) is 3.32. The molecule has 0 aliphatic heterocycles. The number of nitrogens with zero attached hydrogens (tertiary/aromatic N) is 1. The molecule has 3 N–H and O–H groups in total. The molecule has 0 spiro atoms. The van der Waals surface area contributed by atoms with E-state index in [-0.39, 0.29) is 6.61 Å². The highest BCUT2D eigenvalue weighted by Gasteiger charge is 2.16. The molecular weight excluding hydrogens is 212 g/mol. The molecule has 0 saturated carbocycles. The van der Waals surface area contributed by atoms with E-state index < -0.39 is 18.0 Å². The lowest BCUT2D eigenvalue weighted by molar-refractivity contribution is -0.671. The lowest BCUT2D eigenvalue weighted by atomic mass is 10.3. The summed E-state index contributed by atoms with van der Waals surface area (Å²) in [4.78, 5) is 21.8. The van der Waals surface area contributed by atoms with Crippen LogP contribution in [0.4, 0.5) is 0 Å². The second-order valence-electron chi connectivity index (χ2n) is 3.30. The monoisotopic (exact) mass is 225 g/mol. The van der Waals surface area contributed by atoms with Crippen molar-refractivity contribution in [1.82, 2.24) is 0 Å². The first-order valence-corrected chi connectivity index (χ1v) is 4.61. The molecule has 1 atom stereocenters. The molecule has 1 heterocycles. The number of carboxylic acids is 1. The van der Waals surface area contributed by atoms with E-state index in [4.69, 9.17) is 15.6 Å². The Hall–Kier alpha value is -1.95. The Kier molecular flexibility index (Phi) is 3.96. The zero-order valence-corrected chi connectivity index (χ0v) is 8.79. The van der Waals surface area contributed by atoms with E-state index in [0.29, 0.717) is 5.56 Å². The third-order valence-electron chi connectivity index (χ3n) is 1.89. The number of carboxylic acid groups (broad SMARTS) is 1. The summed E-state index contributed by atoms with van der Waals surface area (Å²) in [5, 5.41) is 8.49. The van der Waals surface area contributed by atoms with Crippen LogP contribution < -0.4 is 10.3 Å². The maximum atomic E-state index is 11.4. The predicted octanol–water partition coefficient (Wildman–Crippen LogP) is -0.920. The van der Waals surface area contributed by atoms with Gasteiger partial charge < -0.3 is 15.6 Å². The molecule has 1 aromatic rings. The summed E-state index contributed by atoms with van der Waals surface area (Å²) < 4.78 is 6.44. The van der Waals surface area contributed by atoms with E-state index >= 15 is 0 Å². The minimum absolute atomic E-state index is 0.341. The second-order valence-corrected chi connectivity index (χ2v) is 3.30. The number of aromatic nitrogens is 1. The molecule has 0 aliphatic rings. The fourth-order valence-corrected chi connectivity index (χ4v) is 1.03. The number of carbonyl (C=O) groups is 2. The van der Waals surface area contributed by atoms with Gasteiger partial charge in [0.15, 0.2) is 12.4 Å². The number of ether oxygens (including phenoxy) is 1. The topological polar surface area (TPSA) is 93.5 Å². The molecular formula is C10H13N2O4+. The molecule has 1 unspecified atom stereocenters. The van der Waals surface area contributed by atoms with Crippen LogP contribution in [0.15, 0.2) is 24.5 Å². The first-order valence-electron chi connectivity index (χ1n) is 4.61. The van der Waals surface area contributed by atoms with Crippen molar-refractivity contribution in [2.75, 3.05) is 6.61 Å². The van der Waals surface area contributed by atoms with E-state index in [2.05, 4.69) is 0 Å². The molecule has 6 heteroatoms. The van der Waals surface area contributed by atoms with Crippen molar-refractivity contribution >= 4 is 11.9 Å². The summed E-state index contributed by atoms with van der Waals surface area (Å²) in [6.07, 6.45) is 3.34. The summed E-state index contributed by atoms with van der Waals surface area (Å²) >= 11 is 0. The quantitative estimate of drug-likeness (QED) is 0.510. The van der Waals surface area contributed by atoms with Gasteiger partial charge in [-0.05, 0) is 6.07 Å². The fourth-order valence-electron chi connectivity index (χ4n) is 1.03. The molecule has 6 nitrogen and oxygen atoms in total. The van der Waals surface area contributed by atoms with Crippen molar-refractivity contribution in [3.05, 3.63) is 30.1 Å². The molecule has 16 heavy (non-hydrogen) atoms. The Morgan fingerprint density at radius 1 is 1.62 bits per heavy atom. The van der Waals surface area contributed by atoms with Crippen LogP contribution in [0.5, 0.6) is 0 Å². The lowest BCUT2D eigenvalue weighted by Gasteiger charge is -2.06. The summed E-state index contributed by atoms with van der Waals surface area (Å²) in [5.74, 6) is -1.79. The average Bonchev–Trinajstić information content (AvgIpc) is 2.25. The Bertz CT molecular complexity index is 406. The van der Waals surface area contributed by atoms with Crippen molar-refractivity contribution in [2.45, 2.75) is 6.04 Å². The number of rotatable bonds is 4.